The van der Waals surface area contributed by atoms with Crippen molar-refractivity contribution in [3.05, 3.63) is 23.8 Å². The lowest BCUT2D eigenvalue weighted by molar-refractivity contribution is 0.316. The highest BCUT2D eigenvalue weighted by Gasteiger charge is 2.19. The van der Waals surface area contributed by atoms with Crippen LogP contribution in [0.25, 0.3) is 0 Å². The van der Waals surface area contributed by atoms with Crippen LogP contribution in [-0.2, 0) is 0 Å². The van der Waals surface area contributed by atoms with Gasteiger partial charge in [0.15, 0.2) is 0 Å². The van der Waals surface area contributed by atoms with Crippen LogP contribution in [-0.4, -0.2) is 18.3 Å². The van der Waals surface area contributed by atoms with Crippen LogP contribution in [0.15, 0.2) is 18.2 Å². The molecule has 2 rings (SSSR count). The lowest BCUT2D eigenvalue weighted by Gasteiger charge is -2.14. The number of phenolic OH excluding ortho intramolecular Hbond substituents is 1. The number of nitrogens with one attached hydrogen (secondary N) is 1. The zero-order chi connectivity index (χ0) is 11.4. The average molecular weight is 221 g/mol. The minimum atomic E-state index is 0.283. The molecule has 0 unspecified atom stereocenters. The Kier molecular flexibility index (Phi) is 3.67. The molecule has 0 aromatic heterocycles. The molecule has 1 heterocycles. The van der Waals surface area contributed by atoms with Gasteiger partial charge in [0.1, 0.15) is 11.5 Å². The molecule has 1 aliphatic heterocycles. The smallest absolute Gasteiger partial charge is 0.120 e. The molecule has 0 bridgehead atoms. The third kappa shape index (κ3) is 2.47. The molecule has 1 saturated heterocycles. The fourth-order valence-electron chi connectivity index (χ4n) is 2.07. The van der Waals surface area contributed by atoms with E-state index in [1.807, 2.05) is 12.1 Å². The standard InChI is InChI=1S/C13H19NO2/c1-2-8-16-10-5-6-13(15)11(9-10)12-4-3-7-14-12/h5-6,9,12,14-15H,2-4,7-8H2,1H3/t12-/m1/s1. The highest BCUT2D eigenvalue weighted by molar-refractivity contribution is 5.41. The summed E-state index contributed by atoms with van der Waals surface area (Å²) in [6.45, 7) is 3.84. The van der Waals surface area contributed by atoms with Gasteiger partial charge in [-0.3, -0.25) is 0 Å². The predicted octanol–water partition coefficient (Wildman–Crippen LogP) is 2.61. The Morgan fingerprint density at radius 3 is 3.06 bits per heavy atom. The van der Waals surface area contributed by atoms with E-state index in [1.165, 1.54) is 6.42 Å². The maximum absolute atomic E-state index is 9.83. The Labute approximate surface area is 96.4 Å². The first-order valence-electron chi connectivity index (χ1n) is 6.00. The van der Waals surface area contributed by atoms with Crippen LogP contribution in [0.1, 0.15) is 37.8 Å². The topological polar surface area (TPSA) is 41.5 Å². The van der Waals surface area contributed by atoms with Crippen LogP contribution >= 0.6 is 0 Å². The van der Waals surface area contributed by atoms with E-state index in [0.717, 1.165) is 37.3 Å². The molecule has 3 nitrogen and oxygen atoms in total. The molecule has 0 saturated carbocycles. The second-order valence-electron chi connectivity index (χ2n) is 4.22. The Morgan fingerprint density at radius 1 is 1.50 bits per heavy atom. The summed E-state index contributed by atoms with van der Waals surface area (Å²) in [6, 6.07) is 5.78. The van der Waals surface area contributed by atoms with E-state index in [1.54, 1.807) is 6.07 Å². The quantitative estimate of drug-likeness (QED) is 0.821. The summed E-state index contributed by atoms with van der Waals surface area (Å²) < 4.78 is 5.57. The normalized spacial score (nSPS) is 19.9. The second kappa shape index (κ2) is 5.21. The monoisotopic (exact) mass is 221 g/mol. The third-order valence-electron chi connectivity index (χ3n) is 2.91. The van der Waals surface area contributed by atoms with Crippen molar-refractivity contribution in [3.8, 4) is 11.5 Å². The van der Waals surface area contributed by atoms with E-state index in [0.29, 0.717) is 5.75 Å². The van der Waals surface area contributed by atoms with Gasteiger partial charge < -0.3 is 15.2 Å². The third-order valence-corrected chi connectivity index (χ3v) is 2.91. The Morgan fingerprint density at radius 2 is 2.38 bits per heavy atom. The molecule has 0 amide bonds. The number of hydrogen-bond acceptors (Lipinski definition) is 3. The van der Waals surface area contributed by atoms with E-state index >= 15 is 0 Å². The summed E-state index contributed by atoms with van der Waals surface area (Å²) in [7, 11) is 0. The van der Waals surface area contributed by atoms with Crippen LogP contribution in [0.3, 0.4) is 0 Å². The molecule has 0 aliphatic carbocycles. The summed E-state index contributed by atoms with van der Waals surface area (Å²) in [5.74, 6) is 1.21. The number of ether oxygens (including phenoxy) is 1. The van der Waals surface area contributed by atoms with E-state index in [4.69, 9.17) is 4.74 Å². The van der Waals surface area contributed by atoms with E-state index < -0.39 is 0 Å². The Bertz CT molecular complexity index is 346. The van der Waals surface area contributed by atoms with Crippen LogP contribution in [0.4, 0.5) is 0 Å². The summed E-state index contributed by atoms with van der Waals surface area (Å²) >= 11 is 0. The summed E-state index contributed by atoms with van der Waals surface area (Å²) in [4.78, 5) is 0. The lowest BCUT2D eigenvalue weighted by Crippen LogP contribution is -2.13. The van der Waals surface area contributed by atoms with Crippen molar-refractivity contribution < 1.29 is 9.84 Å². The van der Waals surface area contributed by atoms with Crippen molar-refractivity contribution in [3.63, 3.8) is 0 Å². The molecule has 3 heteroatoms. The number of aromatic hydroxyl groups is 1. The van der Waals surface area contributed by atoms with Crippen molar-refractivity contribution in [2.24, 2.45) is 0 Å². The number of phenols is 1. The molecular weight excluding hydrogens is 202 g/mol. The molecule has 1 aromatic carbocycles. The van der Waals surface area contributed by atoms with Gasteiger partial charge in [0.25, 0.3) is 0 Å². The zero-order valence-electron chi connectivity index (χ0n) is 9.70. The molecular formula is C13H19NO2. The second-order valence-corrected chi connectivity index (χ2v) is 4.22. The van der Waals surface area contributed by atoms with E-state index in [2.05, 4.69) is 12.2 Å². The largest absolute Gasteiger partial charge is 0.508 e. The Hall–Kier alpha value is -1.22. The highest BCUT2D eigenvalue weighted by atomic mass is 16.5. The minimum Gasteiger partial charge on any atom is -0.508 e. The van der Waals surface area contributed by atoms with Crippen LogP contribution in [0.5, 0.6) is 11.5 Å². The highest BCUT2D eigenvalue weighted by Crippen LogP contribution is 2.32. The van der Waals surface area contributed by atoms with Crippen LogP contribution in [0, 0.1) is 0 Å². The van der Waals surface area contributed by atoms with Gasteiger partial charge in [-0.2, -0.15) is 0 Å². The van der Waals surface area contributed by atoms with Gasteiger partial charge in [-0.15, -0.1) is 0 Å². The van der Waals surface area contributed by atoms with Crippen molar-refractivity contribution in [2.75, 3.05) is 13.2 Å². The van der Waals surface area contributed by atoms with Crippen LogP contribution < -0.4 is 10.1 Å². The number of hydrogen-bond donors (Lipinski definition) is 2. The maximum Gasteiger partial charge on any atom is 0.120 e. The minimum absolute atomic E-state index is 0.283. The van der Waals surface area contributed by atoms with Crippen molar-refractivity contribution >= 4 is 0 Å². The van der Waals surface area contributed by atoms with Gasteiger partial charge in [-0.1, -0.05) is 6.92 Å². The van der Waals surface area contributed by atoms with Crippen molar-refractivity contribution in [2.45, 2.75) is 32.2 Å². The average Bonchev–Trinajstić information content (AvgIpc) is 2.81. The molecule has 1 aliphatic rings. The molecule has 2 N–H and O–H groups in total. The molecule has 88 valence electrons. The van der Waals surface area contributed by atoms with Crippen molar-refractivity contribution in [1.82, 2.24) is 5.32 Å². The number of rotatable bonds is 4. The van der Waals surface area contributed by atoms with Gasteiger partial charge in [0.05, 0.1) is 6.61 Å². The van der Waals surface area contributed by atoms with Gasteiger partial charge in [0, 0.05) is 11.6 Å². The molecule has 0 spiro atoms. The number of benzene rings is 1. The summed E-state index contributed by atoms with van der Waals surface area (Å²) in [5.41, 5.74) is 0.964. The molecule has 1 aromatic rings. The maximum atomic E-state index is 9.83. The lowest BCUT2D eigenvalue weighted by atomic mass is 10.0. The fourth-order valence-corrected chi connectivity index (χ4v) is 2.07. The summed E-state index contributed by atoms with van der Waals surface area (Å²) in [5, 5.41) is 13.2. The Balaban J connectivity index is 2.15. The molecule has 0 radical (unpaired) electrons. The van der Waals surface area contributed by atoms with Gasteiger partial charge in [-0.05, 0) is 44.0 Å². The molecule has 1 atom stereocenters. The fraction of sp³-hybridized carbons (Fsp3) is 0.538. The van der Waals surface area contributed by atoms with E-state index in [-0.39, 0.29) is 6.04 Å². The first kappa shape index (κ1) is 11.3. The van der Waals surface area contributed by atoms with Crippen LogP contribution in [0.2, 0.25) is 0 Å². The van der Waals surface area contributed by atoms with Gasteiger partial charge >= 0.3 is 0 Å². The van der Waals surface area contributed by atoms with Crippen molar-refractivity contribution in [1.29, 1.82) is 0 Å². The van der Waals surface area contributed by atoms with E-state index in [9.17, 15) is 5.11 Å². The predicted molar refractivity (Wildman–Crippen MR) is 63.9 cm³/mol. The zero-order valence-corrected chi connectivity index (χ0v) is 9.70. The summed E-state index contributed by atoms with van der Waals surface area (Å²) in [6.07, 6.45) is 3.26. The molecule has 1 fully saturated rings. The SMILES string of the molecule is CCCOc1ccc(O)c([C@H]2CCCN2)c1. The van der Waals surface area contributed by atoms with Gasteiger partial charge in [-0.25, -0.2) is 0 Å². The first-order chi connectivity index (χ1) is 7.81. The molecule has 16 heavy (non-hydrogen) atoms. The first-order valence-corrected chi connectivity index (χ1v) is 6.00. The van der Waals surface area contributed by atoms with Gasteiger partial charge in [0.2, 0.25) is 0 Å².